The maximum atomic E-state index is 10.7. The van der Waals surface area contributed by atoms with Crippen molar-refractivity contribution in [1.82, 2.24) is 0 Å². The Morgan fingerprint density at radius 2 is 2.11 bits per heavy atom. The lowest BCUT2D eigenvalue weighted by atomic mass is 10.2. The van der Waals surface area contributed by atoms with Gasteiger partial charge in [-0.3, -0.25) is 0 Å². The molecule has 0 spiro atoms. The van der Waals surface area contributed by atoms with Gasteiger partial charge >= 0.3 is 5.97 Å². The van der Waals surface area contributed by atoms with Gasteiger partial charge in [-0.2, -0.15) is 0 Å². The van der Waals surface area contributed by atoms with E-state index in [2.05, 4.69) is 0 Å². The van der Waals surface area contributed by atoms with Crippen LogP contribution in [-0.4, -0.2) is 11.1 Å². The predicted molar refractivity (Wildman–Crippen MR) is 70.9 cm³/mol. The molecule has 0 saturated heterocycles. The first-order valence-corrected chi connectivity index (χ1v) is 6.11. The second-order valence-corrected chi connectivity index (χ2v) is 4.61. The minimum atomic E-state index is -1.10. The molecule has 4 nitrogen and oxygen atoms in total. The Hall–Kier alpha value is -1.94. The van der Waals surface area contributed by atoms with Crippen LogP contribution in [0.25, 0.3) is 0 Å². The Balaban J connectivity index is 2.15. The van der Waals surface area contributed by atoms with E-state index < -0.39 is 12.1 Å². The van der Waals surface area contributed by atoms with Crippen LogP contribution in [0.1, 0.15) is 34.9 Å². The van der Waals surface area contributed by atoms with Crippen LogP contribution < -0.4 is 4.74 Å². The van der Waals surface area contributed by atoms with Gasteiger partial charge in [0.15, 0.2) is 6.10 Å². The number of carboxylic acid groups (broad SMARTS) is 1. The zero-order chi connectivity index (χ0) is 14.0. The van der Waals surface area contributed by atoms with Crippen molar-refractivity contribution >= 4 is 17.6 Å². The van der Waals surface area contributed by atoms with E-state index in [-0.39, 0.29) is 5.76 Å². The Kier molecular flexibility index (Phi) is 3.81. The first-order valence-electron chi connectivity index (χ1n) is 5.73. The SMILES string of the molecule is Cc1ccc(OC(C)c2ccc(C(=O)O)o2)c(Cl)c1. The van der Waals surface area contributed by atoms with Gasteiger partial charge in [0, 0.05) is 0 Å². The Labute approximate surface area is 115 Å². The molecular weight excluding hydrogens is 268 g/mol. The van der Waals surface area contributed by atoms with E-state index in [0.717, 1.165) is 5.56 Å². The molecule has 0 aliphatic rings. The number of ether oxygens (including phenoxy) is 1. The number of carbonyl (C=O) groups is 1. The average Bonchev–Trinajstić information content (AvgIpc) is 2.82. The number of rotatable bonds is 4. The minimum absolute atomic E-state index is 0.111. The van der Waals surface area contributed by atoms with Gasteiger partial charge < -0.3 is 14.3 Å². The molecule has 19 heavy (non-hydrogen) atoms. The predicted octanol–water partition coefficient (Wildman–Crippen LogP) is 4.08. The third kappa shape index (κ3) is 3.09. The number of benzene rings is 1. The normalized spacial score (nSPS) is 12.2. The smallest absolute Gasteiger partial charge is 0.371 e. The summed E-state index contributed by atoms with van der Waals surface area (Å²) in [5, 5.41) is 9.30. The summed E-state index contributed by atoms with van der Waals surface area (Å²) in [5.74, 6) is -0.241. The summed E-state index contributed by atoms with van der Waals surface area (Å²) in [6, 6.07) is 8.44. The maximum Gasteiger partial charge on any atom is 0.371 e. The molecule has 1 N–H and O–H groups in total. The number of furan rings is 1. The van der Waals surface area contributed by atoms with Gasteiger partial charge in [0.2, 0.25) is 5.76 Å². The van der Waals surface area contributed by atoms with Crippen LogP contribution in [0.5, 0.6) is 5.75 Å². The van der Waals surface area contributed by atoms with E-state index in [1.165, 1.54) is 6.07 Å². The molecule has 0 radical (unpaired) electrons. The molecule has 0 amide bonds. The molecule has 1 aromatic carbocycles. The number of hydrogen-bond donors (Lipinski definition) is 1. The summed E-state index contributed by atoms with van der Waals surface area (Å²) >= 11 is 6.07. The van der Waals surface area contributed by atoms with E-state index in [1.54, 1.807) is 25.1 Å². The van der Waals surface area contributed by atoms with Gasteiger partial charge in [-0.15, -0.1) is 0 Å². The molecule has 0 bridgehead atoms. The van der Waals surface area contributed by atoms with Crippen LogP contribution >= 0.6 is 11.6 Å². The van der Waals surface area contributed by atoms with Gasteiger partial charge in [0.25, 0.3) is 0 Å². The largest absolute Gasteiger partial charge is 0.481 e. The molecule has 5 heteroatoms. The summed E-state index contributed by atoms with van der Waals surface area (Å²) in [7, 11) is 0. The van der Waals surface area contributed by atoms with Crippen molar-refractivity contribution in [3.8, 4) is 5.75 Å². The first-order chi connectivity index (χ1) is 8.97. The third-order valence-corrected chi connectivity index (χ3v) is 2.92. The molecule has 1 atom stereocenters. The molecular formula is C14H13ClO4. The summed E-state index contributed by atoms with van der Waals surface area (Å²) in [4.78, 5) is 10.7. The highest BCUT2D eigenvalue weighted by Gasteiger charge is 2.16. The van der Waals surface area contributed by atoms with Crippen LogP contribution in [0.4, 0.5) is 0 Å². The second kappa shape index (κ2) is 5.36. The van der Waals surface area contributed by atoms with Crippen molar-refractivity contribution in [3.05, 3.63) is 52.4 Å². The van der Waals surface area contributed by atoms with Crippen LogP contribution in [0, 0.1) is 6.92 Å². The van der Waals surface area contributed by atoms with Crippen LogP contribution in [-0.2, 0) is 0 Å². The molecule has 0 saturated carbocycles. The molecule has 2 rings (SSSR count). The van der Waals surface area contributed by atoms with E-state index in [9.17, 15) is 4.79 Å². The van der Waals surface area contributed by atoms with Gasteiger partial charge in [0.1, 0.15) is 11.5 Å². The van der Waals surface area contributed by atoms with E-state index in [1.807, 2.05) is 13.0 Å². The second-order valence-electron chi connectivity index (χ2n) is 4.20. The molecule has 100 valence electrons. The van der Waals surface area contributed by atoms with Crippen molar-refractivity contribution in [2.75, 3.05) is 0 Å². The first kappa shape index (κ1) is 13.5. The average molecular weight is 281 g/mol. The van der Waals surface area contributed by atoms with E-state index >= 15 is 0 Å². The fourth-order valence-corrected chi connectivity index (χ4v) is 1.92. The molecule has 0 fully saturated rings. The zero-order valence-corrected chi connectivity index (χ0v) is 11.3. The molecule has 0 aliphatic carbocycles. The number of carboxylic acids is 1. The number of aromatic carboxylic acids is 1. The van der Waals surface area contributed by atoms with Crippen molar-refractivity contribution < 1.29 is 19.1 Å². The maximum absolute atomic E-state index is 10.7. The fraction of sp³-hybridized carbons (Fsp3) is 0.214. The molecule has 1 aromatic heterocycles. The summed E-state index contributed by atoms with van der Waals surface area (Å²) in [5.41, 5.74) is 1.04. The lowest BCUT2D eigenvalue weighted by Crippen LogP contribution is -2.02. The lowest BCUT2D eigenvalue weighted by molar-refractivity contribution is 0.0655. The van der Waals surface area contributed by atoms with Gasteiger partial charge in [-0.25, -0.2) is 4.79 Å². The fourth-order valence-electron chi connectivity index (χ4n) is 1.64. The van der Waals surface area contributed by atoms with Gasteiger partial charge in [-0.1, -0.05) is 17.7 Å². The zero-order valence-electron chi connectivity index (χ0n) is 10.5. The summed E-state index contributed by atoms with van der Waals surface area (Å²) in [6.07, 6.45) is -0.423. The van der Waals surface area contributed by atoms with E-state index in [0.29, 0.717) is 16.5 Å². The Morgan fingerprint density at radius 3 is 2.68 bits per heavy atom. The molecule has 1 heterocycles. The highest BCUT2D eigenvalue weighted by Crippen LogP contribution is 2.30. The highest BCUT2D eigenvalue weighted by atomic mass is 35.5. The minimum Gasteiger partial charge on any atom is -0.481 e. The standard InChI is InChI=1S/C14H13ClO4/c1-8-3-4-12(10(15)7-8)18-9(2)11-5-6-13(19-11)14(16)17/h3-7,9H,1-2H3,(H,16,17). The molecule has 2 aromatic rings. The number of aryl methyl sites for hydroxylation is 1. The van der Waals surface area contributed by atoms with Gasteiger partial charge in [0.05, 0.1) is 5.02 Å². The van der Waals surface area contributed by atoms with E-state index in [4.69, 9.17) is 25.9 Å². The van der Waals surface area contributed by atoms with Crippen LogP contribution in [0.2, 0.25) is 5.02 Å². The number of halogens is 1. The van der Waals surface area contributed by atoms with Crippen molar-refractivity contribution in [3.63, 3.8) is 0 Å². The van der Waals surface area contributed by atoms with Crippen molar-refractivity contribution in [1.29, 1.82) is 0 Å². The summed E-state index contributed by atoms with van der Waals surface area (Å²) in [6.45, 7) is 3.70. The van der Waals surface area contributed by atoms with Crippen LogP contribution in [0.3, 0.4) is 0 Å². The summed E-state index contributed by atoms with van der Waals surface area (Å²) < 4.78 is 10.8. The monoisotopic (exact) mass is 280 g/mol. The van der Waals surface area contributed by atoms with Gasteiger partial charge in [-0.05, 0) is 43.7 Å². The Morgan fingerprint density at radius 1 is 1.37 bits per heavy atom. The topological polar surface area (TPSA) is 59.7 Å². The quantitative estimate of drug-likeness (QED) is 0.917. The highest BCUT2D eigenvalue weighted by molar-refractivity contribution is 6.32. The third-order valence-electron chi connectivity index (χ3n) is 2.63. The van der Waals surface area contributed by atoms with Crippen LogP contribution in [0.15, 0.2) is 34.7 Å². The molecule has 0 aliphatic heterocycles. The Bertz CT molecular complexity index is 603. The molecule has 1 unspecified atom stereocenters. The van der Waals surface area contributed by atoms with Crippen molar-refractivity contribution in [2.45, 2.75) is 20.0 Å². The lowest BCUT2D eigenvalue weighted by Gasteiger charge is -2.13. The number of hydrogen-bond acceptors (Lipinski definition) is 3. The van der Waals surface area contributed by atoms with Crippen molar-refractivity contribution in [2.24, 2.45) is 0 Å².